The molecule has 0 aromatic carbocycles. The van der Waals surface area contributed by atoms with Crippen molar-refractivity contribution in [3.63, 3.8) is 0 Å². The van der Waals surface area contributed by atoms with Crippen molar-refractivity contribution in [3.05, 3.63) is 17.0 Å². The van der Waals surface area contributed by atoms with Gasteiger partial charge in [0.25, 0.3) is 0 Å². The topological polar surface area (TPSA) is 56.1 Å². The third-order valence-corrected chi connectivity index (χ3v) is 2.54. The Morgan fingerprint density at radius 1 is 1.50 bits per heavy atom. The quantitative estimate of drug-likeness (QED) is 0.749. The molecule has 0 amide bonds. The first-order valence-corrected chi connectivity index (χ1v) is 5.41. The molecule has 0 aliphatic carbocycles. The average Bonchev–Trinajstić information content (AvgIpc) is 2.45. The van der Waals surface area contributed by atoms with E-state index in [2.05, 4.69) is 10.4 Å². The van der Waals surface area contributed by atoms with Crippen molar-refractivity contribution < 1.29 is 9.53 Å². The molecule has 1 N–H and O–H groups in total. The maximum atomic E-state index is 11.1. The molecule has 0 atom stereocenters. The number of ether oxygens (including phenoxy) is 1. The van der Waals surface area contributed by atoms with Crippen LogP contribution in [0.5, 0.6) is 0 Å². The number of nitrogens with one attached hydrogen (secondary N) is 1. The highest BCUT2D eigenvalue weighted by Crippen LogP contribution is 2.10. The monoisotopic (exact) mass is 225 g/mol. The molecule has 0 aliphatic rings. The summed E-state index contributed by atoms with van der Waals surface area (Å²) in [7, 11) is 1.91. The largest absolute Gasteiger partial charge is 0.465 e. The molecule has 0 radical (unpaired) electrons. The minimum atomic E-state index is -0.221. The van der Waals surface area contributed by atoms with Gasteiger partial charge in [0.05, 0.1) is 18.8 Å². The van der Waals surface area contributed by atoms with Gasteiger partial charge >= 0.3 is 5.97 Å². The second-order valence-corrected chi connectivity index (χ2v) is 3.68. The van der Waals surface area contributed by atoms with E-state index in [-0.39, 0.29) is 12.5 Å². The van der Waals surface area contributed by atoms with Gasteiger partial charge < -0.3 is 10.1 Å². The van der Waals surface area contributed by atoms with Gasteiger partial charge in [0, 0.05) is 24.8 Å². The maximum Gasteiger partial charge on any atom is 0.319 e. The van der Waals surface area contributed by atoms with Crippen LogP contribution in [0, 0.1) is 13.8 Å². The van der Waals surface area contributed by atoms with Gasteiger partial charge in [-0.05, 0) is 20.8 Å². The molecular formula is C11H19N3O2. The lowest BCUT2D eigenvalue weighted by Crippen LogP contribution is -2.24. The summed E-state index contributed by atoms with van der Waals surface area (Å²) in [5.41, 5.74) is 3.26. The van der Waals surface area contributed by atoms with E-state index in [1.165, 1.54) is 0 Å². The molecule has 5 nitrogen and oxygen atoms in total. The zero-order valence-corrected chi connectivity index (χ0v) is 10.3. The molecular weight excluding hydrogens is 206 g/mol. The SMILES string of the molecule is CCOC(=O)CNCc1c(C)nn(C)c1C. The van der Waals surface area contributed by atoms with Gasteiger partial charge in [0.1, 0.15) is 0 Å². The lowest BCUT2D eigenvalue weighted by Gasteiger charge is -2.05. The fourth-order valence-corrected chi connectivity index (χ4v) is 1.57. The van der Waals surface area contributed by atoms with Crippen LogP contribution in [0.15, 0.2) is 0 Å². The Bertz CT molecular complexity index is 372. The minimum absolute atomic E-state index is 0.221. The molecule has 0 fully saturated rings. The molecule has 0 unspecified atom stereocenters. The molecule has 1 aromatic heterocycles. The summed E-state index contributed by atoms with van der Waals surface area (Å²) in [5, 5.41) is 7.36. The fourth-order valence-electron chi connectivity index (χ4n) is 1.57. The van der Waals surface area contributed by atoms with E-state index in [1.807, 2.05) is 25.6 Å². The number of carbonyl (C=O) groups excluding carboxylic acids is 1. The van der Waals surface area contributed by atoms with E-state index < -0.39 is 0 Å². The Balaban J connectivity index is 2.46. The Kier molecular flexibility index (Phi) is 4.49. The molecule has 0 bridgehead atoms. The van der Waals surface area contributed by atoms with Crippen molar-refractivity contribution in [2.45, 2.75) is 27.3 Å². The van der Waals surface area contributed by atoms with Gasteiger partial charge in [0.2, 0.25) is 0 Å². The summed E-state index contributed by atoms with van der Waals surface area (Å²) in [4.78, 5) is 11.1. The number of esters is 1. The van der Waals surface area contributed by atoms with Crippen LogP contribution >= 0.6 is 0 Å². The van der Waals surface area contributed by atoms with Gasteiger partial charge in [-0.3, -0.25) is 9.48 Å². The minimum Gasteiger partial charge on any atom is -0.465 e. The molecule has 0 aliphatic heterocycles. The van der Waals surface area contributed by atoms with Crippen LogP contribution in [0.4, 0.5) is 0 Å². The molecule has 90 valence electrons. The number of rotatable bonds is 5. The number of aromatic nitrogens is 2. The lowest BCUT2D eigenvalue weighted by molar-refractivity contribution is -0.142. The highest BCUT2D eigenvalue weighted by Gasteiger charge is 2.09. The van der Waals surface area contributed by atoms with E-state index in [0.717, 1.165) is 17.0 Å². The van der Waals surface area contributed by atoms with Crippen LogP contribution in [0.2, 0.25) is 0 Å². The second-order valence-electron chi connectivity index (χ2n) is 3.68. The van der Waals surface area contributed by atoms with Crippen molar-refractivity contribution in [1.82, 2.24) is 15.1 Å². The zero-order valence-electron chi connectivity index (χ0n) is 10.3. The molecule has 0 spiro atoms. The first-order chi connectivity index (χ1) is 7.56. The number of carbonyl (C=O) groups is 1. The first-order valence-electron chi connectivity index (χ1n) is 5.41. The molecule has 1 rings (SSSR count). The van der Waals surface area contributed by atoms with Crippen LogP contribution in [-0.2, 0) is 23.1 Å². The highest BCUT2D eigenvalue weighted by molar-refractivity contribution is 5.71. The lowest BCUT2D eigenvalue weighted by atomic mass is 10.2. The summed E-state index contributed by atoms with van der Waals surface area (Å²) in [6.07, 6.45) is 0. The number of hydrogen-bond donors (Lipinski definition) is 1. The second kappa shape index (κ2) is 5.65. The molecule has 0 saturated heterocycles. The van der Waals surface area contributed by atoms with Gasteiger partial charge in [0.15, 0.2) is 0 Å². The van der Waals surface area contributed by atoms with Crippen molar-refractivity contribution >= 4 is 5.97 Å². The zero-order chi connectivity index (χ0) is 12.1. The molecule has 1 heterocycles. The van der Waals surface area contributed by atoms with Crippen molar-refractivity contribution in [1.29, 1.82) is 0 Å². The van der Waals surface area contributed by atoms with E-state index >= 15 is 0 Å². The fraction of sp³-hybridized carbons (Fsp3) is 0.636. The Hall–Kier alpha value is -1.36. The number of nitrogens with zero attached hydrogens (tertiary/aromatic N) is 2. The number of aryl methyl sites for hydroxylation is 2. The summed E-state index contributed by atoms with van der Waals surface area (Å²) in [6.45, 7) is 7.08. The van der Waals surface area contributed by atoms with Gasteiger partial charge in [-0.15, -0.1) is 0 Å². The van der Waals surface area contributed by atoms with E-state index in [0.29, 0.717) is 13.2 Å². The van der Waals surface area contributed by atoms with E-state index in [1.54, 1.807) is 6.92 Å². The summed E-state index contributed by atoms with van der Waals surface area (Å²) >= 11 is 0. The Labute approximate surface area is 95.8 Å². The first kappa shape index (κ1) is 12.7. The Morgan fingerprint density at radius 3 is 2.69 bits per heavy atom. The van der Waals surface area contributed by atoms with Gasteiger partial charge in [-0.1, -0.05) is 0 Å². The van der Waals surface area contributed by atoms with Crippen LogP contribution in [-0.4, -0.2) is 28.9 Å². The van der Waals surface area contributed by atoms with E-state index in [9.17, 15) is 4.79 Å². The molecule has 0 saturated carbocycles. The van der Waals surface area contributed by atoms with Crippen molar-refractivity contribution in [3.8, 4) is 0 Å². The Morgan fingerprint density at radius 2 is 2.19 bits per heavy atom. The van der Waals surface area contributed by atoms with Crippen LogP contribution < -0.4 is 5.32 Å². The maximum absolute atomic E-state index is 11.1. The molecule has 1 aromatic rings. The van der Waals surface area contributed by atoms with Gasteiger partial charge in [-0.2, -0.15) is 5.10 Å². The number of hydrogen-bond acceptors (Lipinski definition) is 4. The third kappa shape index (κ3) is 3.06. The van der Waals surface area contributed by atoms with Crippen LogP contribution in [0.3, 0.4) is 0 Å². The summed E-state index contributed by atoms with van der Waals surface area (Å²) in [5.74, 6) is -0.221. The predicted molar refractivity (Wildman–Crippen MR) is 61.0 cm³/mol. The predicted octanol–water partition coefficient (Wildman–Crippen LogP) is 0.690. The summed E-state index contributed by atoms with van der Waals surface area (Å²) < 4.78 is 6.67. The molecule has 5 heteroatoms. The average molecular weight is 225 g/mol. The standard InChI is InChI=1S/C11H19N3O2/c1-5-16-11(15)7-12-6-10-8(2)13-14(4)9(10)3/h12H,5-7H2,1-4H3. The molecule has 16 heavy (non-hydrogen) atoms. The summed E-state index contributed by atoms with van der Waals surface area (Å²) in [6, 6.07) is 0. The third-order valence-electron chi connectivity index (χ3n) is 2.54. The normalized spacial score (nSPS) is 10.5. The van der Waals surface area contributed by atoms with Gasteiger partial charge in [-0.25, -0.2) is 0 Å². The highest BCUT2D eigenvalue weighted by atomic mass is 16.5. The van der Waals surface area contributed by atoms with E-state index in [4.69, 9.17) is 4.74 Å². The smallest absolute Gasteiger partial charge is 0.319 e. The van der Waals surface area contributed by atoms with Crippen molar-refractivity contribution in [2.75, 3.05) is 13.2 Å². The van der Waals surface area contributed by atoms with Crippen molar-refractivity contribution in [2.24, 2.45) is 7.05 Å². The van der Waals surface area contributed by atoms with Crippen LogP contribution in [0.1, 0.15) is 23.9 Å². The van der Waals surface area contributed by atoms with Crippen LogP contribution in [0.25, 0.3) is 0 Å².